The molecular formula is C14H9ClO5S. The van der Waals surface area contributed by atoms with Crippen molar-refractivity contribution in [3.63, 3.8) is 0 Å². The van der Waals surface area contributed by atoms with Crippen LogP contribution in [0.5, 0.6) is 0 Å². The molecule has 0 fully saturated rings. The first-order valence-electron chi connectivity index (χ1n) is 5.73. The molecule has 0 atom stereocenters. The molecule has 0 unspecified atom stereocenters. The first-order valence-corrected chi connectivity index (χ1v) is 8.00. The zero-order valence-corrected chi connectivity index (χ0v) is 12.1. The van der Waals surface area contributed by atoms with Crippen LogP contribution in [-0.4, -0.2) is 24.5 Å². The van der Waals surface area contributed by atoms with Gasteiger partial charge >= 0.3 is 9.33 Å². The second kappa shape index (κ2) is 5.77. The minimum Gasteiger partial charge on any atom is -0.289 e. The Balaban J connectivity index is 0.000000282. The minimum absolute atomic E-state index is 0.0641. The predicted molar refractivity (Wildman–Crippen MR) is 77.2 cm³/mol. The summed E-state index contributed by atoms with van der Waals surface area (Å²) in [5, 5.41) is 0. The van der Waals surface area contributed by atoms with Crippen molar-refractivity contribution in [2.75, 3.05) is 0 Å². The maximum Gasteiger partial charge on any atom is 0.353 e. The van der Waals surface area contributed by atoms with Gasteiger partial charge in [0.05, 0.1) is 0 Å². The van der Waals surface area contributed by atoms with E-state index in [0.717, 1.165) is 0 Å². The van der Waals surface area contributed by atoms with Gasteiger partial charge in [-0.05, 0) is 0 Å². The van der Waals surface area contributed by atoms with Crippen molar-refractivity contribution < 1.29 is 22.6 Å². The third-order valence-electron chi connectivity index (χ3n) is 2.83. The van der Waals surface area contributed by atoms with Gasteiger partial charge in [-0.2, -0.15) is 8.42 Å². The number of carbonyl (C=O) groups excluding carboxylic acids is 2. The summed E-state index contributed by atoms with van der Waals surface area (Å²) in [5.74, 6) is -0.128. The molecule has 3 rings (SSSR count). The second-order valence-electron chi connectivity index (χ2n) is 4.16. The summed E-state index contributed by atoms with van der Waals surface area (Å²) in [4.78, 5) is 24.2. The fraction of sp³-hybridized carbons (Fsp3) is 0. The second-order valence-corrected chi connectivity index (χ2v) is 6.16. The maximum atomic E-state index is 12.1. The number of ketones is 2. The lowest BCUT2D eigenvalue weighted by Gasteiger charge is -2.16. The van der Waals surface area contributed by atoms with Crippen LogP contribution in [-0.2, 0) is 9.33 Å². The first-order chi connectivity index (χ1) is 9.79. The molecule has 0 saturated heterocycles. The highest BCUT2D eigenvalue weighted by Crippen LogP contribution is 2.26. The van der Waals surface area contributed by atoms with Crippen molar-refractivity contribution in [1.29, 1.82) is 0 Å². The van der Waals surface area contributed by atoms with E-state index in [1.54, 1.807) is 48.5 Å². The Morgan fingerprint density at radius 2 is 0.905 bits per heavy atom. The van der Waals surface area contributed by atoms with Gasteiger partial charge in [-0.25, -0.2) is 0 Å². The van der Waals surface area contributed by atoms with Crippen LogP contribution in [0.3, 0.4) is 0 Å². The predicted octanol–water partition coefficient (Wildman–Crippen LogP) is 2.49. The van der Waals surface area contributed by atoms with Crippen molar-refractivity contribution in [2.45, 2.75) is 0 Å². The highest BCUT2D eigenvalue weighted by Gasteiger charge is 2.28. The van der Waals surface area contributed by atoms with Crippen molar-refractivity contribution >= 4 is 31.6 Å². The van der Waals surface area contributed by atoms with Crippen LogP contribution in [0.2, 0.25) is 0 Å². The lowest BCUT2D eigenvalue weighted by Crippen LogP contribution is -2.20. The van der Waals surface area contributed by atoms with Gasteiger partial charge in [0, 0.05) is 32.9 Å². The topological polar surface area (TPSA) is 88.5 Å². The normalized spacial score (nSPS) is 12.9. The summed E-state index contributed by atoms with van der Waals surface area (Å²) >= 11 is 0. The molecule has 1 aliphatic carbocycles. The van der Waals surface area contributed by atoms with E-state index in [1.807, 2.05) is 0 Å². The molecule has 1 aliphatic rings. The molecule has 0 aromatic heterocycles. The van der Waals surface area contributed by atoms with E-state index in [2.05, 4.69) is 10.7 Å². The number of benzene rings is 2. The van der Waals surface area contributed by atoms with Crippen molar-refractivity contribution in [1.82, 2.24) is 0 Å². The molecule has 7 heteroatoms. The number of hydrogen-bond donors (Lipinski definition) is 1. The van der Waals surface area contributed by atoms with Crippen molar-refractivity contribution in [3.8, 4) is 0 Å². The van der Waals surface area contributed by atoms with Gasteiger partial charge in [-0.15, -0.1) is 0 Å². The van der Waals surface area contributed by atoms with Gasteiger partial charge < -0.3 is 0 Å². The van der Waals surface area contributed by atoms with Gasteiger partial charge in [-0.1, -0.05) is 48.5 Å². The van der Waals surface area contributed by atoms with E-state index in [4.69, 9.17) is 13.0 Å². The molecule has 0 saturated carbocycles. The molecular weight excluding hydrogens is 316 g/mol. The van der Waals surface area contributed by atoms with E-state index in [0.29, 0.717) is 22.3 Å². The number of carbonyl (C=O) groups is 2. The van der Waals surface area contributed by atoms with Crippen molar-refractivity contribution in [2.24, 2.45) is 0 Å². The standard InChI is InChI=1S/C14H8O2.ClHO3S/c15-13-9-5-1-2-6-10(9)14(16)12-8-4-3-7-11(12)13;1-5(2,3)4/h1-8H;(H,2,3,4). The molecule has 21 heavy (non-hydrogen) atoms. The van der Waals surface area contributed by atoms with Gasteiger partial charge in [0.2, 0.25) is 0 Å². The minimum atomic E-state index is -4.19. The summed E-state index contributed by atoms with van der Waals surface area (Å²) in [5.41, 5.74) is 2.02. The van der Waals surface area contributed by atoms with Crippen LogP contribution in [0.25, 0.3) is 0 Å². The van der Waals surface area contributed by atoms with Crippen LogP contribution < -0.4 is 0 Å². The Bertz CT molecular complexity index is 713. The molecule has 108 valence electrons. The van der Waals surface area contributed by atoms with Gasteiger partial charge in [0.15, 0.2) is 11.6 Å². The lowest BCUT2D eigenvalue weighted by molar-refractivity contribution is 0.0979. The zero-order chi connectivity index (χ0) is 15.6. The first kappa shape index (κ1) is 15.4. The van der Waals surface area contributed by atoms with Crippen LogP contribution in [0, 0.1) is 0 Å². The quantitative estimate of drug-likeness (QED) is 0.507. The Morgan fingerprint density at radius 1 is 0.714 bits per heavy atom. The molecule has 0 radical (unpaired) electrons. The van der Waals surface area contributed by atoms with Crippen LogP contribution in [0.1, 0.15) is 31.8 Å². The van der Waals surface area contributed by atoms with Crippen LogP contribution >= 0.6 is 10.7 Å². The van der Waals surface area contributed by atoms with E-state index in [-0.39, 0.29) is 11.6 Å². The monoisotopic (exact) mass is 324 g/mol. The Hall–Kier alpha value is -2.02. The summed E-state index contributed by atoms with van der Waals surface area (Å²) in [6.45, 7) is 0. The molecule has 0 spiro atoms. The SMILES string of the molecule is O=C1c2ccccc2C(=O)c2ccccc21.O=S(=O)(O)Cl. The molecule has 0 aliphatic heterocycles. The summed E-state index contributed by atoms with van der Waals surface area (Å²) in [7, 11) is -0.137. The molecule has 0 amide bonds. The molecule has 5 nitrogen and oxygen atoms in total. The molecule has 0 heterocycles. The molecule has 2 aromatic carbocycles. The van der Waals surface area contributed by atoms with E-state index in [1.165, 1.54) is 0 Å². The highest BCUT2D eigenvalue weighted by molar-refractivity contribution is 8.09. The molecule has 2 aromatic rings. The molecule has 0 bridgehead atoms. The Kier molecular flexibility index (Phi) is 4.22. The molecule has 1 N–H and O–H groups in total. The average Bonchev–Trinajstić information content (AvgIpc) is 2.43. The summed E-state index contributed by atoms with van der Waals surface area (Å²) < 4.78 is 25.2. The number of rotatable bonds is 0. The van der Waals surface area contributed by atoms with E-state index in [9.17, 15) is 9.59 Å². The maximum absolute atomic E-state index is 12.1. The largest absolute Gasteiger partial charge is 0.353 e. The fourth-order valence-corrected chi connectivity index (χ4v) is 2.05. The number of halogens is 1. The lowest BCUT2D eigenvalue weighted by atomic mass is 9.84. The average molecular weight is 325 g/mol. The number of fused-ring (bicyclic) bond motifs is 2. The van der Waals surface area contributed by atoms with Gasteiger partial charge in [0.1, 0.15) is 0 Å². The number of hydrogen-bond acceptors (Lipinski definition) is 4. The van der Waals surface area contributed by atoms with E-state index >= 15 is 0 Å². The van der Waals surface area contributed by atoms with Crippen LogP contribution in [0.4, 0.5) is 0 Å². The highest BCUT2D eigenvalue weighted by atomic mass is 35.7. The third kappa shape index (κ3) is 3.55. The van der Waals surface area contributed by atoms with Gasteiger partial charge in [-0.3, -0.25) is 14.1 Å². The fourth-order valence-electron chi connectivity index (χ4n) is 2.05. The smallest absolute Gasteiger partial charge is 0.289 e. The Morgan fingerprint density at radius 3 is 1.10 bits per heavy atom. The summed E-state index contributed by atoms with van der Waals surface area (Å²) in [6, 6.07) is 13.9. The summed E-state index contributed by atoms with van der Waals surface area (Å²) in [6.07, 6.45) is 0. The van der Waals surface area contributed by atoms with Gasteiger partial charge in [0.25, 0.3) is 0 Å². The zero-order valence-electron chi connectivity index (χ0n) is 10.5. The van der Waals surface area contributed by atoms with Crippen molar-refractivity contribution in [3.05, 3.63) is 70.8 Å². The third-order valence-corrected chi connectivity index (χ3v) is 2.83. The Labute approximate surface area is 125 Å². The van der Waals surface area contributed by atoms with Crippen LogP contribution in [0.15, 0.2) is 48.5 Å². The van der Waals surface area contributed by atoms with E-state index < -0.39 is 9.33 Å².